The molecular weight excluding hydrogens is 314 g/mol. The van der Waals surface area contributed by atoms with E-state index in [0.29, 0.717) is 23.2 Å². The quantitative estimate of drug-likeness (QED) is 0.894. The maximum Gasteiger partial charge on any atom is 0.337 e. The van der Waals surface area contributed by atoms with Gasteiger partial charge in [0.05, 0.1) is 29.9 Å². The fourth-order valence-corrected chi connectivity index (χ4v) is 2.40. The van der Waals surface area contributed by atoms with Crippen LogP contribution in [0.1, 0.15) is 23.7 Å². The Bertz CT molecular complexity index is 517. The van der Waals surface area contributed by atoms with E-state index in [1.165, 1.54) is 6.07 Å². The Labute approximate surface area is 119 Å². The van der Waals surface area contributed by atoms with E-state index in [1.807, 2.05) is 6.92 Å². The lowest BCUT2D eigenvalue weighted by atomic mass is 10.0. The predicted molar refractivity (Wildman–Crippen MR) is 73.3 cm³/mol. The number of carboxylic acids is 1. The summed E-state index contributed by atoms with van der Waals surface area (Å²) in [5, 5.41) is 11.8. The second-order valence-corrected chi connectivity index (χ2v) is 5.48. The second kappa shape index (κ2) is 5.71. The lowest BCUT2D eigenvalue weighted by Crippen LogP contribution is -2.24. The topological polar surface area (TPSA) is 75.6 Å². The Morgan fingerprint density at radius 2 is 2.21 bits per heavy atom. The third-order valence-electron chi connectivity index (χ3n) is 3.04. The molecule has 0 aromatic heterocycles. The van der Waals surface area contributed by atoms with Gasteiger partial charge in [-0.05, 0) is 31.5 Å². The van der Waals surface area contributed by atoms with Crippen molar-refractivity contribution in [1.29, 1.82) is 0 Å². The van der Waals surface area contributed by atoms with Crippen LogP contribution in [0.2, 0.25) is 0 Å². The zero-order valence-corrected chi connectivity index (χ0v) is 11.9. The first-order chi connectivity index (χ1) is 8.97. The summed E-state index contributed by atoms with van der Waals surface area (Å²) in [5.41, 5.74) is 0.370. The molecule has 0 saturated carbocycles. The summed E-state index contributed by atoms with van der Waals surface area (Å²) >= 11 is 3.21. The van der Waals surface area contributed by atoms with Gasteiger partial charge in [-0.3, -0.25) is 4.79 Å². The Morgan fingerprint density at radius 3 is 2.79 bits per heavy atom. The van der Waals surface area contributed by atoms with Crippen molar-refractivity contribution < 1.29 is 19.4 Å². The highest BCUT2D eigenvalue weighted by atomic mass is 79.9. The number of amides is 1. The number of hydrogen-bond acceptors (Lipinski definition) is 3. The van der Waals surface area contributed by atoms with Gasteiger partial charge in [0, 0.05) is 4.47 Å². The Hall–Kier alpha value is -1.40. The second-order valence-electron chi connectivity index (χ2n) is 4.56. The molecule has 1 heterocycles. The average Bonchev–Trinajstić information content (AvgIpc) is 2.78. The van der Waals surface area contributed by atoms with Gasteiger partial charge < -0.3 is 15.2 Å². The van der Waals surface area contributed by atoms with Gasteiger partial charge in [0.15, 0.2) is 0 Å². The van der Waals surface area contributed by atoms with Crippen LogP contribution in [0.3, 0.4) is 0 Å². The number of rotatable bonds is 3. The van der Waals surface area contributed by atoms with E-state index < -0.39 is 5.97 Å². The van der Waals surface area contributed by atoms with Crippen LogP contribution in [0.25, 0.3) is 0 Å². The van der Waals surface area contributed by atoms with Crippen molar-refractivity contribution in [3.05, 3.63) is 28.2 Å². The smallest absolute Gasteiger partial charge is 0.337 e. The molecule has 5 nitrogen and oxygen atoms in total. The number of carboxylic acid groups (broad SMARTS) is 1. The van der Waals surface area contributed by atoms with Crippen LogP contribution in [0.15, 0.2) is 22.7 Å². The highest BCUT2D eigenvalue weighted by Gasteiger charge is 2.28. The normalized spacial score (nSPS) is 22.2. The molecule has 1 saturated heterocycles. The summed E-state index contributed by atoms with van der Waals surface area (Å²) in [7, 11) is 0. The number of halogens is 1. The molecule has 0 bridgehead atoms. The molecule has 2 unspecified atom stereocenters. The van der Waals surface area contributed by atoms with E-state index in [-0.39, 0.29) is 23.5 Å². The average molecular weight is 328 g/mol. The molecule has 102 valence electrons. The first-order valence-electron chi connectivity index (χ1n) is 5.92. The third-order valence-corrected chi connectivity index (χ3v) is 3.53. The number of benzene rings is 1. The number of carbonyl (C=O) groups is 2. The number of carbonyl (C=O) groups excluding carboxylic acids is 1. The molecule has 19 heavy (non-hydrogen) atoms. The fraction of sp³-hybridized carbons (Fsp3) is 0.385. The fourth-order valence-electron chi connectivity index (χ4n) is 2.04. The number of hydrogen-bond donors (Lipinski definition) is 2. The van der Waals surface area contributed by atoms with Crippen molar-refractivity contribution in [2.45, 2.75) is 19.4 Å². The van der Waals surface area contributed by atoms with Crippen molar-refractivity contribution >= 4 is 33.5 Å². The van der Waals surface area contributed by atoms with Crippen molar-refractivity contribution in [3.63, 3.8) is 0 Å². The van der Waals surface area contributed by atoms with Gasteiger partial charge in [0.1, 0.15) is 0 Å². The maximum absolute atomic E-state index is 12.0. The molecule has 0 aliphatic carbocycles. The van der Waals surface area contributed by atoms with E-state index in [1.54, 1.807) is 12.1 Å². The Morgan fingerprint density at radius 1 is 1.47 bits per heavy atom. The molecule has 1 aromatic carbocycles. The number of anilines is 1. The van der Waals surface area contributed by atoms with Gasteiger partial charge in [0.25, 0.3) is 0 Å². The van der Waals surface area contributed by atoms with E-state index >= 15 is 0 Å². The van der Waals surface area contributed by atoms with Crippen LogP contribution in [-0.4, -0.2) is 29.7 Å². The van der Waals surface area contributed by atoms with Gasteiger partial charge in [-0.1, -0.05) is 15.9 Å². The molecule has 0 spiro atoms. The summed E-state index contributed by atoms with van der Waals surface area (Å²) in [5.74, 6) is -1.50. The molecular formula is C13H14BrNO4. The van der Waals surface area contributed by atoms with Crippen LogP contribution in [0.4, 0.5) is 5.69 Å². The van der Waals surface area contributed by atoms with Gasteiger partial charge in [-0.25, -0.2) is 4.79 Å². The number of ether oxygens (including phenoxy) is 1. The number of nitrogens with one attached hydrogen (secondary N) is 1. The highest BCUT2D eigenvalue weighted by molar-refractivity contribution is 9.10. The highest BCUT2D eigenvalue weighted by Crippen LogP contribution is 2.24. The molecule has 2 N–H and O–H groups in total. The molecule has 1 fully saturated rings. The molecule has 2 rings (SSSR count). The lowest BCUT2D eigenvalue weighted by Gasteiger charge is -2.12. The lowest BCUT2D eigenvalue weighted by molar-refractivity contribution is -0.119. The minimum atomic E-state index is -1.08. The Balaban J connectivity index is 2.14. The van der Waals surface area contributed by atoms with E-state index in [9.17, 15) is 9.59 Å². The van der Waals surface area contributed by atoms with Crippen LogP contribution >= 0.6 is 15.9 Å². The number of aromatic carboxylic acids is 1. The standard InChI is InChI=1S/C13H14BrNO4/c1-7-4-8(6-19-7)12(16)15-11-3-2-9(14)5-10(11)13(17)18/h2-3,5,7-8H,4,6H2,1H3,(H,15,16)(H,17,18). The van der Waals surface area contributed by atoms with Crippen molar-refractivity contribution in [2.24, 2.45) is 5.92 Å². The summed E-state index contributed by atoms with van der Waals surface area (Å²) in [6.45, 7) is 2.29. The van der Waals surface area contributed by atoms with E-state index in [2.05, 4.69) is 21.2 Å². The summed E-state index contributed by atoms with van der Waals surface area (Å²) in [6, 6.07) is 4.73. The SMILES string of the molecule is CC1CC(C(=O)Nc2ccc(Br)cc2C(=O)O)CO1. The first-order valence-corrected chi connectivity index (χ1v) is 6.72. The van der Waals surface area contributed by atoms with Crippen LogP contribution in [0, 0.1) is 5.92 Å². The molecule has 1 amide bonds. The summed E-state index contributed by atoms with van der Waals surface area (Å²) in [4.78, 5) is 23.2. The van der Waals surface area contributed by atoms with Crippen molar-refractivity contribution in [3.8, 4) is 0 Å². The van der Waals surface area contributed by atoms with Crippen LogP contribution < -0.4 is 5.32 Å². The van der Waals surface area contributed by atoms with Gasteiger partial charge >= 0.3 is 5.97 Å². The minimum absolute atomic E-state index is 0.0645. The monoisotopic (exact) mass is 327 g/mol. The zero-order valence-electron chi connectivity index (χ0n) is 10.4. The predicted octanol–water partition coefficient (Wildman–Crippen LogP) is 2.51. The minimum Gasteiger partial charge on any atom is -0.478 e. The third kappa shape index (κ3) is 3.33. The van der Waals surface area contributed by atoms with E-state index in [0.717, 1.165) is 0 Å². The molecule has 1 aliphatic heterocycles. The van der Waals surface area contributed by atoms with E-state index in [4.69, 9.17) is 9.84 Å². The van der Waals surface area contributed by atoms with Crippen LogP contribution in [-0.2, 0) is 9.53 Å². The molecule has 6 heteroatoms. The van der Waals surface area contributed by atoms with Crippen molar-refractivity contribution in [1.82, 2.24) is 0 Å². The van der Waals surface area contributed by atoms with Gasteiger partial charge in [-0.2, -0.15) is 0 Å². The molecule has 1 aromatic rings. The maximum atomic E-state index is 12.0. The summed E-state index contributed by atoms with van der Waals surface area (Å²) in [6.07, 6.45) is 0.727. The Kier molecular flexibility index (Phi) is 4.21. The van der Waals surface area contributed by atoms with Gasteiger partial charge in [-0.15, -0.1) is 0 Å². The molecule has 1 aliphatic rings. The summed E-state index contributed by atoms with van der Waals surface area (Å²) < 4.78 is 5.99. The molecule has 0 radical (unpaired) electrons. The largest absolute Gasteiger partial charge is 0.478 e. The van der Waals surface area contributed by atoms with Crippen LogP contribution in [0.5, 0.6) is 0 Å². The first kappa shape index (κ1) is 14.0. The van der Waals surface area contributed by atoms with Gasteiger partial charge in [0.2, 0.25) is 5.91 Å². The molecule has 2 atom stereocenters. The zero-order chi connectivity index (χ0) is 14.0. The van der Waals surface area contributed by atoms with Crippen molar-refractivity contribution in [2.75, 3.05) is 11.9 Å².